The lowest BCUT2D eigenvalue weighted by atomic mass is 9.71. The van der Waals surface area contributed by atoms with Gasteiger partial charge in [0.1, 0.15) is 28.9 Å². The van der Waals surface area contributed by atoms with Gasteiger partial charge in [-0.3, -0.25) is 4.79 Å². The molecule has 0 fully saturated rings. The Morgan fingerprint density at radius 1 is 1.18 bits per heavy atom. The molecule has 0 saturated heterocycles. The van der Waals surface area contributed by atoms with E-state index in [1.807, 2.05) is 32.0 Å². The van der Waals surface area contributed by atoms with Crippen LogP contribution in [0.4, 0.5) is 0 Å². The summed E-state index contributed by atoms with van der Waals surface area (Å²) in [7, 11) is 0. The Bertz CT molecular complexity index is 1070. The van der Waals surface area contributed by atoms with Gasteiger partial charge in [-0.25, -0.2) is 0 Å². The van der Waals surface area contributed by atoms with Crippen molar-refractivity contribution in [3.05, 3.63) is 70.0 Å². The summed E-state index contributed by atoms with van der Waals surface area (Å²) in [5.74, 6) is 0.987. The Labute approximate surface area is 168 Å². The Morgan fingerprint density at radius 2 is 1.89 bits per heavy atom. The molecule has 142 valence electrons. The molecule has 0 amide bonds. The van der Waals surface area contributed by atoms with Crippen molar-refractivity contribution >= 4 is 17.4 Å². The van der Waals surface area contributed by atoms with Gasteiger partial charge in [0.25, 0.3) is 0 Å². The number of benzene rings is 1. The molecule has 1 aromatic carbocycles. The molecule has 6 heteroatoms. The van der Waals surface area contributed by atoms with Crippen molar-refractivity contribution in [1.29, 1.82) is 5.26 Å². The van der Waals surface area contributed by atoms with E-state index in [9.17, 15) is 10.1 Å². The van der Waals surface area contributed by atoms with Crippen LogP contribution in [0.3, 0.4) is 0 Å². The first kappa shape index (κ1) is 18.4. The molecule has 2 aliphatic rings. The van der Waals surface area contributed by atoms with Crippen molar-refractivity contribution in [2.45, 2.75) is 32.6 Å². The van der Waals surface area contributed by atoms with Crippen molar-refractivity contribution in [3.8, 4) is 17.4 Å². The third-order valence-electron chi connectivity index (χ3n) is 5.12. The van der Waals surface area contributed by atoms with E-state index in [-0.39, 0.29) is 22.7 Å². The Kier molecular flexibility index (Phi) is 4.32. The maximum atomic E-state index is 12.9. The molecule has 2 heterocycles. The molecule has 1 aromatic heterocycles. The predicted octanol–water partition coefficient (Wildman–Crippen LogP) is 5.05. The summed E-state index contributed by atoms with van der Waals surface area (Å²) in [5, 5.41) is 10.3. The quantitative estimate of drug-likeness (QED) is 0.769. The molecule has 5 nitrogen and oxygen atoms in total. The highest BCUT2D eigenvalue weighted by atomic mass is 35.5. The van der Waals surface area contributed by atoms with Crippen molar-refractivity contribution in [2.75, 3.05) is 0 Å². The fourth-order valence-electron chi connectivity index (χ4n) is 3.85. The molecule has 1 atom stereocenters. The number of nitrogens with two attached hydrogens (primary N) is 1. The number of rotatable bonds is 2. The molecule has 1 aliphatic heterocycles. The predicted molar refractivity (Wildman–Crippen MR) is 105 cm³/mol. The second-order valence-corrected chi connectivity index (χ2v) is 8.35. The number of halogens is 1. The number of hydrogen-bond donors (Lipinski definition) is 1. The molecular formula is C22H19ClN2O3. The average Bonchev–Trinajstić information content (AvgIpc) is 3.09. The van der Waals surface area contributed by atoms with Crippen LogP contribution in [0.1, 0.15) is 38.4 Å². The summed E-state index contributed by atoms with van der Waals surface area (Å²) in [6, 6.07) is 13.0. The lowest BCUT2D eigenvalue weighted by molar-refractivity contribution is -0.119. The molecule has 28 heavy (non-hydrogen) atoms. The first-order valence-corrected chi connectivity index (χ1v) is 9.36. The van der Waals surface area contributed by atoms with Crippen LogP contribution in [0.15, 0.2) is 63.6 Å². The second kappa shape index (κ2) is 6.57. The van der Waals surface area contributed by atoms with E-state index in [2.05, 4.69) is 6.07 Å². The zero-order chi connectivity index (χ0) is 20.1. The monoisotopic (exact) mass is 394 g/mol. The van der Waals surface area contributed by atoms with E-state index in [1.54, 1.807) is 18.2 Å². The van der Waals surface area contributed by atoms with Gasteiger partial charge >= 0.3 is 0 Å². The molecule has 0 bridgehead atoms. The summed E-state index contributed by atoms with van der Waals surface area (Å²) in [4.78, 5) is 12.9. The van der Waals surface area contributed by atoms with E-state index < -0.39 is 5.92 Å². The number of nitriles is 1. The fourth-order valence-corrected chi connectivity index (χ4v) is 3.97. The van der Waals surface area contributed by atoms with Crippen molar-refractivity contribution in [3.63, 3.8) is 0 Å². The number of nitrogens with zero attached hydrogens (tertiary/aromatic N) is 1. The number of allylic oxidation sites excluding steroid dienone is 3. The maximum absolute atomic E-state index is 12.9. The minimum Gasteiger partial charge on any atom is -0.460 e. The normalized spacial score (nSPS) is 21.2. The highest BCUT2D eigenvalue weighted by Crippen LogP contribution is 2.48. The SMILES string of the molecule is CC1(C)CC(=O)C2=C(C1)OC(N)=C(C#N)[C@H]2c1ccc(-c2ccc(Cl)cc2)o1. The second-order valence-electron chi connectivity index (χ2n) is 7.91. The Morgan fingerprint density at radius 3 is 2.57 bits per heavy atom. The van der Waals surface area contributed by atoms with E-state index >= 15 is 0 Å². The lowest BCUT2D eigenvalue weighted by Gasteiger charge is -2.36. The van der Waals surface area contributed by atoms with Gasteiger partial charge in [0, 0.05) is 29.0 Å². The topological polar surface area (TPSA) is 89.2 Å². The number of ether oxygens (including phenoxy) is 1. The van der Waals surface area contributed by atoms with Crippen molar-refractivity contribution < 1.29 is 13.9 Å². The third kappa shape index (κ3) is 3.10. The van der Waals surface area contributed by atoms with E-state index in [4.69, 9.17) is 26.5 Å². The number of hydrogen-bond acceptors (Lipinski definition) is 5. The van der Waals surface area contributed by atoms with Crippen LogP contribution in [0, 0.1) is 16.7 Å². The molecule has 0 unspecified atom stereocenters. The standard InChI is InChI=1S/C22H19ClN2O3/c1-22(2)9-15(26)20-18(10-22)28-21(25)14(11-24)19(20)17-8-7-16(27-17)12-3-5-13(23)6-4-12/h3-8,19H,9-10,25H2,1-2H3/t19-/m0/s1. The smallest absolute Gasteiger partial charge is 0.205 e. The van der Waals surface area contributed by atoms with Crippen molar-refractivity contribution in [1.82, 2.24) is 0 Å². The molecule has 4 rings (SSSR count). The largest absolute Gasteiger partial charge is 0.460 e. The summed E-state index contributed by atoms with van der Waals surface area (Å²) in [6.45, 7) is 4.02. The maximum Gasteiger partial charge on any atom is 0.205 e. The third-order valence-corrected chi connectivity index (χ3v) is 5.37. The van der Waals surface area contributed by atoms with E-state index in [0.29, 0.717) is 40.7 Å². The summed E-state index contributed by atoms with van der Waals surface area (Å²) in [5.41, 5.74) is 7.33. The molecule has 2 aromatic rings. The minimum absolute atomic E-state index is 0.0289. The van der Waals surface area contributed by atoms with Gasteiger partial charge in [-0.05, 0) is 41.8 Å². The van der Waals surface area contributed by atoms with E-state index in [0.717, 1.165) is 5.56 Å². The van der Waals surface area contributed by atoms with Gasteiger partial charge < -0.3 is 14.9 Å². The van der Waals surface area contributed by atoms with Gasteiger partial charge in [-0.2, -0.15) is 5.26 Å². The number of furan rings is 1. The fraction of sp³-hybridized carbons (Fsp3) is 0.273. The van der Waals surface area contributed by atoms with Gasteiger partial charge in [0.05, 0.1) is 5.92 Å². The van der Waals surface area contributed by atoms with Crippen LogP contribution in [-0.4, -0.2) is 5.78 Å². The molecule has 0 spiro atoms. The van der Waals surface area contributed by atoms with Crippen LogP contribution in [0.25, 0.3) is 11.3 Å². The molecule has 1 aliphatic carbocycles. The first-order chi connectivity index (χ1) is 13.3. The minimum atomic E-state index is -0.654. The number of carbonyl (C=O) groups is 1. The number of Topliss-reactive ketones (excluding diaryl/α,β-unsaturated/α-hetero) is 1. The van der Waals surface area contributed by atoms with Gasteiger partial charge in [-0.1, -0.05) is 25.4 Å². The van der Waals surface area contributed by atoms with Crippen molar-refractivity contribution in [2.24, 2.45) is 11.1 Å². The van der Waals surface area contributed by atoms with Gasteiger partial charge in [0.2, 0.25) is 5.88 Å². The molecular weight excluding hydrogens is 376 g/mol. The van der Waals surface area contributed by atoms with Crippen LogP contribution in [0.2, 0.25) is 5.02 Å². The zero-order valence-electron chi connectivity index (χ0n) is 15.6. The Balaban J connectivity index is 1.81. The zero-order valence-corrected chi connectivity index (χ0v) is 16.3. The Hall–Kier alpha value is -2.97. The van der Waals surface area contributed by atoms with Crippen LogP contribution in [0.5, 0.6) is 0 Å². The van der Waals surface area contributed by atoms with E-state index in [1.165, 1.54) is 0 Å². The number of carbonyl (C=O) groups excluding carboxylic acids is 1. The summed E-state index contributed by atoms with van der Waals surface area (Å²) >= 11 is 5.95. The van der Waals surface area contributed by atoms with Gasteiger partial charge in [0.15, 0.2) is 5.78 Å². The molecule has 2 N–H and O–H groups in total. The summed E-state index contributed by atoms with van der Waals surface area (Å²) < 4.78 is 11.7. The van der Waals surface area contributed by atoms with Crippen LogP contribution < -0.4 is 5.73 Å². The number of ketones is 1. The van der Waals surface area contributed by atoms with Crippen LogP contribution >= 0.6 is 11.6 Å². The highest BCUT2D eigenvalue weighted by Gasteiger charge is 2.44. The lowest BCUT2D eigenvalue weighted by Crippen LogP contribution is -2.33. The highest BCUT2D eigenvalue weighted by molar-refractivity contribution is 6.30. The molecule has 0 saturated carbocycles. The summed E-state index contributed by atoms with van der Waals surface area (Å²) in [6.07, 6.45) is 0.962. The first-order valence-electron chi connectivity index (χ1n) is 8.98. The average molecular weight is 395 g/mol. The van der Waals surface area contributed by atoms with Crippen LogP contribution in [-0.2, 0) is 9.53 Å². The van der Waals surface area contributed by atoms with Gasteiger partial charge in [-0.15, -0.1) is 0 Å². The molecule has 0 radical (unpaired) electrons.